The Labute approximate surface area is 81.7 Å². The van der Waals surface area contributed by atoms with E-state index in [-0.39, 0.29) is 0 Å². The fraction of sp³-hybridized carbons (Fsp3) is 0.900. The molecule has 3 nitrogen and oxygen atoms in total. The summed E-state index contributed by atoms with van der Waals surface area (Å²) in [4.78, 5) is 9.26. The normalized spacial score (nSPS) is 36.2. The second-order valence-corrected chi connectivity index (χ2v) is 4.02. The first-order valence-corrected chi connectivity index (χ1v) is 5.01. The van der Waals surface area contributed by atoms with E-state index in [0.717, 1.165) is 13.0 Å². The van der Waals surface area contributed by atoms with Crippen molar-refractivity contribution < 1.29 is 15.4 Å². The van der Waals surface area contributed by atoms with Gasteiger partial charge in [-0.2, -0.15) is 0 Å². The first-order valence-electron chi connectivity index (χ1n) is 5.51. The minimum Gasteiger partial charge on any atom is -0.471 e. The largest absolute Gasteiger partial charge is 0.471 e. The second kappa shape index (κ2) is 4.61. The molecule has 2 fully saturated rings. The lowest BCUT2D eigenvalue weighted by molar-refractivity contribution is -0.907. The van der Waals surface area contributed by atoms with Crippen LogP contribution in [0, 0.1) is 5.92 Å². The lowest BCUT2D eigenvalue weighted by Crippen LogP contribution is -2.42. The maximum Gasteiger partial charge on any atom is 0.292 e. The molecule has 0 spiro atoms. The number of carbonyl (C=O) groups is 1. The molecule has 0 aliphatic carbocycles. The molecule has 0 amide bonds. The van der Waals surface area contributed by atoms with Crippen molar-refractivity contribution >= 4 is 6.45 Å². The number of nitrogens with zero attached hydrogens (tertiary/aromatic N) is 1. The van der Waals surface area contributed by atoms with Crippen LogP contribution in [0.3, 0.4) is 0 Å². The molecule has 0 atom stereocenters. The van der Waals surface area contributed by atoms with Gasteiger partial charge in [-0.05, 0) is 6.92 Å². The molecule has 3 heteroatoms. The van der Waals surface area contributed by atoms with Crippen molar-refractivity contribution in [3.63, 3.8) is 0 Å². The number of ether oxygens (including phenoxy) is 1. The molecule has 2 saturated heterocycles. The Morgan fingerprint density at radius 1 is 1.62 bits per heavy atom. The average molecular weight is 187 g/mol. The van der Waals surface area contributed by atoms with E-state index in [2.05, 4.69) is 11.7 Å². The summed E-state index contributed by atoms with van der Waals surface area (Å²) in [6.45, 7) is 8.21. The summed E-state index contributed by atoms with van der Waals surface area (Å²) >= 11 is 0. The Balaban J connectivity index is 0.000000171. The summed E-state index contributed by atoms with van der Waals surface area (Å²) in [5.74, 6) is 1.12. The van der Waals surface area contributed by atoms with Gasteiger partial charge >= 0.3 is 0 Å². The van der Waals surface area contributed by atoms with Gasteiger partial charge in [0.05, 0.1) is 33.3 Å². The number of hydrogen-bond acceptors (Lipinski definition) is 2. The van der Waals surface area contributed by atoms with Crippen molar-refractivity contribution in [2.45, 2.75) is 19.8 Å². The molecule has 2 bridgehead atoms. The van der Waals surface area contributed by atoms with Crippen molar-refractivity contribution in [2.24, 2.45) is 5.92 Å². The first kappa shape index (κ1) is 9.00. The highest BCUT2D eigenvalue weighted by Crippen LogP contribution is 2.34. The van der Waals surface area contributed by atoms with Gasteiger partial charge in [0.25, 0.3) is 6.45 Å². The fourth-order valence-corrected chi connectivity index (χ4v) is 2.53. The Kier molecular flexibility index (Phi) is 3.19. The molecule has 0 aromatic carbocycles. The summed E-state index contributed by atoms with van der Waals surface area (Å²) in [6, 6.07) is 0. The zero-order valence-corrected chi connectivity index (χ0v) is 8.58. The van der Waals surface area contributed by atoms with E-state index in [9.17, 15) is 4.79 Å². The summed E-state index contributed by atoms with van der Waals surface area (Å²) < 4.78 is 11.2. The van der Waals surface area contributed by atoms with Crippen LogP contribution in [0.5, 0.6) is 0 Å². The van der Waals surface area contributed by atoms with Gasteiger partial charge in [-0.25, -0.2) is 0 Å². The number of piperidine rings is 1. The molecule has 0 aromatic rings. The number of hydrogen-bond donors (Lipinski definition) is 0. The maximum atomic E-state index is 9.26. The highest BCUT2D eigenvalue weighted by molar-refractivity contribution is 5.36. The molecule has 2 heterocycles. The number of quaternary nitrogens is 1. The predicted octanol–water partition coefficient (Wildman–Crippen LogP) is 1.04. The molecular formula is C10H20NO2+. The number of carbonyl (C=O) groups excluding carboxylic acids is 1. The maximum absolute atomic E-state index is 9.26. The van der Waals surface area contributed by atoms with Crippen LogP contribution in [0.4, 0.5) is 0 Å². The fourth-order valence-electron chi connectivity index (χ4n) is 2.53. The first-order chi connectivity index (χ1) is 6.62. The predicted molar refractivity (Wildman–Crippen MR) is 51.2 cm³/mol. The lowest BCUT2D eigenvalue weighted by atomic mass is 10.1. The zero-order chi connectivity index (χ0) is 10.6. The van der Waals surface area contributed by atoms with E-state index < -0.39 is 6.45 Å². The standard InChI is InChI=1S/C8H16N.C2H4O2/c1-2-9-5-3-8(7-9)4-6-9;1-4-2-3/h8H,2-7H2,1H3;2H,1H3/q+1;/i;2D. The monoisotopic (exact) mass is 187 g/mol. The van der Waals surface area contributed by atoms with Crippen molar-refractivity contribution in [2.75, 3.05) is 33.3 Å². The van der Waals surface area contributed by atoms with Gasteiger partial charge in [-0.1, -0.05) is 0 Å². The van der Waals surface area contributed by atoms with Crippen molar-refractivity contribution in [3.8, 4) is 0 Å². The third-order valence-electron chi connectivity index (χ3n) is 3.42. The van der Waals surface area contributed by atoms with Crippen LogP contribution in [-0.2, 0) is 9.53 Å². The van der Waals surface area contributed by atoms with Gasteiger partial charge < -0.3 is 9.22 Å². The highest BCUT2D eigenvalue weighted by Gasteiger charge is 2.42. The summed E-state index contributed by atoms with van der Waals surface area (Å²) in [5, 5.41) is 0. The summed E-state index contributed by atoms with van der Waals surface area (Å²) in [7, 11) is 1.16. The average Bonchev–Trinajstić information content (AvgIpc) is 2.79. The van der Waals surface area contributed by atoms with Crippen LogP contribution < -0.4 is 0 Å². The van der Waals surface area contributed by atoms with Crippen molar-refractivity contribution in [3.05, 3.63) is 0 Å². The van der Waals surface area contributed by atoms with Gasteiger partial charge in [0, 0.05) is 18.8 Å². The van der Waals surface area contributed by atoms with E-state index in [1.165, 1.54) is 43.5 Å². The minimum atomic E-state index is -0.995. The molecule has 2 aliphatic rings. The van der Waals surface area contributed by atoms with Gasteiger partial charge in [0.1, 0.15) is 0 Å². The molecule has 2 aliphatic heterocycles. The Morgan fingerprint density at radius 2 is 2.15 bits per heavy atom. The van der Waals surface area contributed by atoms with Crippen molar-refractivity contribution in [1.29, 1.82) is 0 Å². The van der Waals surface area contributed by atoms with E-state index in [1.807, 2.05) is 0 Å². The van der Waals surface area contributed by atoms with Gasteiger partial charge in [0.15, 0.2) is 1.37 Å². The Morgan fingerprint density at radius 3 is 2.31 bits per heavy atom. The third-order valence-corrected chi connectivity index (χ3v) is 3.42. The molecule has 0 saturated carbocycles. The molecule has 76 valence electrons. The van der Waals surface area contributed by atoms with E-state index in [1.54, 1.807) is 0 Å². The summed E-state index contributed by atoms with van der Waals surface area (Å²) in [5.41, 5.74) is 0. The van der Waals surface area contributed by atoms with Crippen LogP contribution in [0.2, 0.25) is 0 Å². The third kappa shape index (κ3) is 2.44. The smallest absolute Gasteiger partial charge is 0.292 e. The number of rotatable bonds is 1. The minimum absolute atomic E-state index is 0.995. The number of methoxy groups -OCH3 is 1. The molecule has 0 aromatic heterocycles. The van der Waals surface area contributed by atoms with Crippen LogP contribution >= 0.6 is 0 Å². The van der Waals surface area contributed by atoms with Gasteiger partial charge in [-0.3, -0.25) is 4.79 Å². The zero-order valence-electron chi connectivity index (χ0n) is 9.58. The summed E-state index contributed by atoms with van der Waals surface area (Å²) in [6.07, 6.45) is 2.05. The SMILES string of the molecule is CC[N+]12CCC(CC1)C2.[2H]C(=O)OC. The van der Waals surface area contributed by atoms with Crippen LogP contribution in [0.25, 0.3) is 0 Å². The molecule has 13 heavy (non-hydrogen) atoms. The Bertz CT molecular complexity index is 200. The molecular weight excluding hydrogens is 166 g/mol. The van der Waals surface area contributed by atoms with Crippen molar-refractivity contribution in [1.82, 2.24) is 0 Å². The lowest BCUT2D eigenvalue weighted by Gasteiger charge is -2.29. The van der Waals surface area contributed by atoms with E-state index in [4.69, 9.17) is 1.37 Å². The molecule has 2 rings (SSSR count). The Hall–Kier alpha value is -0.570. The van der Waals surface area contributed by atoms with Crippen LogP contribution in [0.15, 0.2) is 0 Å². The molecule has 0 radical (unpaired) electrons. The van der Waals surface area contributed by atoms with Crippen LogP contribution in [0.1, 0.15) is 21.1 Å². The highest BCUT2D eigenvalue weighted by atomic mass is 16.5. The second-order valence-electron chi connectivity index (χ2n) is 4.02. The van der Waals surface area contributed by atoms with Crippen LogP contribution in [-0.4, -0.2) is 44.2 Å². The van der Waals surface area contributed by atoms with E-state index in [0.29, 0.717) is 0 Å². The quantitative estimate of drug-likeness (QED) is 0.453. The molecule has 0 unspecified atom stereocenters. The van der Waals surface area contributed by atoms with Gasteiger partial charge in [-0.15, -0.1) is 0 Å². The van der Waals surface area contributed by atoms with E-state index >= 15 is 0 Å². The molecule has 0 N–H and O–H groups in total. The van der Waals surface area contributed by atoms with Gasteiger partial charge in [0.2, 0.25) is 0 Å². The number of fused-ring (bicyclic) bond motifs is 2. The topological polar surface area (TPSA) is 26.3 Å².